The molecule has 0 spiro atoms. The van der Waals surface area contributed by atoms with Crippen LogP contribution in [0.15, 0.2) is 40.6 Å². The van der Waals surface area contributed by atoms with Gasteiger partial charge < -0.3 is 14.8 Å². The number of hydrogen-bond donors (Lipinski definition) is 1. The van der Waals surface area contributed by atoms with Gasteiger partial charge in [0.25, 0.3) is 0 Å². The van der Waals surface area contributed by atoms with Gasteiger partial charge in [-0.2, -0.15) is 4.31 Å². The molecule has 0 unspecified atom stereocenters. The fraction of sp³-hybridized carbons (Fsp3) is 0.450. The summed E-state index contributed by atoms with van der Waals surface area (Å²) in [5, 5.41) is 4.57. The van der Waals surface area contributed by atoms with Gasteiger partial charge in [0.1, 0.15) is 10.6 Å². The van der Waals surface area contributed by atoms with Crippen LogP contribution in [0.1, 0.15) is 31.6 Å². The molecule has 1 saturated heterocycles. The van der Waals surface area contributed by atoms with Gasteiger partial charge in [-0.1, -0.05) is 6.07 Å². The van der Waals surface area contributed by atoms with Crippen LogP contribution in [-0.4, -0.2) is 44.5 Å². The van der Waals surface area contributed by atoms with Crippen molar-refractivity contribution in [3.8, 4) is 5.75 Å². The molecule has 1 N–H and O–H groups in total. The first-order valence-electron chi connectivity index (χ1n) is 9.58. The summed E-state index contributed by atoms with van der Waals surface area (Å²) < 4.78 is 40.1. The monoisotopic (exact) mass is 438 g/mol. The van der Waals surface area contributed by atoms with Gasteiger partial charge in [0, 0.05) is 37.2 Å². The van der Waals surface area contributed by atoms with Gasteiger partial charge in [0.2, 0.25) is 15.9 Å². The van der Waals surface area contributed by atoms with Crippen molar-refractivity contribution in [2.45, 2.75) is 44.2 Å². The minimum absolute atomic E-state index is 0.0418. The van der Waals surface area contributed by atoms with E-state index in [9.17, 15) is 13.2 Å². The maximum atomic E-state index is 13.7. The van der Waals surface area contributed by atoms with Crippen LogP contribution in [0.2, 0.25) is 0 Å². The Kier molecular flexibility index (Phi) is 7.28. The highest BCUT2D eigenvalue weighted by Crippen LogP contribution is 2.32. The Morgan fingerprint density at radius 2 is 2.21 bits per heavy atom. The van der Waals surface area contributed by atoms with E-state index in [1.54, 1.807) is 19.1 Å². The number of carbonyl (C=O) groups excluding carboxylic acids is 1. The fourth-order valence-corrected chi connectivity index (χ4v) is 5.65. The van der Waals surface area contributed by atoms with Crippen molar-refractivity contribution in [3.05, 3.63) is 40.6 Å². The molecular formula is C20H26N2O5S2. The van der Waals surface area contributed by atoms with E-state index in [0.717, 1.165) is 17.7 Å². The number of rotatable bonds is 9. The van der Waals surface area contributed by atoms with Gasteiger partial charge in [-0.15, -0.1) is 11.3 Å². The molecule has 1 aliphatic heterocycles. The number of anilines is 1. The van der Waals surface area contributed by atoms with E-state index >= 15 is 0 Å². The van der Waals surface area contributed by atoms with Crippen molar-refractivity contribution in [1.82, 2.24) is 4.31 Å². The summed E-state index contributed by atoms with van der Waals surface area (Å²) in [4.78, 5) is 12.4. The summed E-state index contributed by atoms with van der Waals surface area (Å²) in [5.74, 6) is -0.00238. The molecule has 0 bridgehead atoms. The first-order chi connectivity index (χ1) is 13.9. The zero-order chi connectivity index (χ0) is 20.9. The average molecular weight is 439 g/mol. The standard InChI is InChI=1S/C20H26N2O5S2/c1-3-26-19-9-8-16(21-15(2)23)12-20(19)29(24,25)22(13-17-6-4-10-27-17)14-18-7-5-11-28-18/h5,7-9,11-12,17H,3-4,6,10,13-14H2,1-2H3,(H,21,23)/t17-/m0/s1. The van der Waals surface area contributed by atoms with Crippen molar-refractivity contribution < 1.29 is 22.7 Å². The maximum Gasteiger partial charge on any atom is 0.247 e. The topological polar surface area (TPSA) is 84.9 Å². The van der Waals surface area contributed by atoms with Crippen molar-refractivity contribution in [1.29, 1.82) is 0 Å². The summed E-state index contributed by atoms with van der Waals surface area (Å²) >= 11 is 1.51. The van der Waals surface area contributed by atoms with Gasteiger partial charge in [0.15, 0.2) is 0 Å². The number of benzene rings is 1. The van der Waals surface area contributed by atoms with E-state index in [2.05, 4.69) is 5.32 Å². The normalized spacial score (nSPS) is 16.9. The van der Waals surface area contributed by atoms with Crippen LogP contribution in [0.4, 0.5) is 5.69 Å². The van der Waals surface area contributed by atoms with Crippen LogP contribution in [0, 0.1) is 0 Å². The highest BCUT2D eigenvalue weighted by molar-refractivity contribution is 7.89. The summed E-state index contributed by atoms with van der Waals surface area (Å²) in [6.07, 6.45) is 1.64. The second-order valence-electron chi connectivity index (χ2n) is 6.79. The van der Waals surface area contributed by atoms with Crippen molar-refractivity contribution in [3.63, 3.8) is 0 Å². The molecule has 2 aromatic rings. The van der Waals surface area contributed by atoms with E-state index in [0.29, 0.717) is 18.9 Å². The molecule has 3 rings (SSSR count). The summed E-state index contributed by atoms with van der Waals surface area (Å²) in [6, 6.07) is 8.49. The maximum absolute atomic E-state index is 13.7. The van der Waals surface area contributed by atoms with Crippen molar-refractivity contribution >= 4 is 33.0 Å². The van der Waals surface area contributed by atoms with E-state index in [1.165, 1.54) is 28.6 Å². The van der Waals surface area contributed by atoms with Gasteiger partial charge in [-0.25, -0.2) is 8.42 Å². The lowest BCUT2D eigenvalue weighted by Crippen LogP contribution is -2.37. The molecule has 1 amide bonds. The molecule has 1 aromatic heterocycles. The number of sulfonamides is 1. The highest BCUT2D eigenvalue weighted by atomic mass is 32.2. The fourth-order valence-electron chi connectivity index (χ4n) is 3.24. The summed E-state index contributed by atoms with van der Waals surface area (Å²) in [7, 11) is -3.89. The smallest absolute Gasteiger partial charge is 0.247 e. The quantitative estimate of drug-likeness (QED) is 0.648. The second-order valence-corrected chi connectivity index (χ2v) is 9.73. The van der Waals surface area contributed by atoms with E-state index < -0.39 is 10.0 Å². The Bertz CT molecular complexity index is 922. The molecule has 158 valence electrons. The third-order valence-corrected chi connectivity index (χ3v) is 7.22. The summed E-state index contributed by atoms with van der Waals surface area (Å²) in [6.45, 7) is 4.70. The van der Waals surface area contributed by atoms with Crippen LogP contribution in [0.3, 0.4) is 0 Å². The molecule has 0 saturated carbocycles. The first-order valence-corrected chi connectivity index (χ1v) is 11.9. The Labute approximate surface area is 175 Å². The Morgan fingerprint density at radius 3 is 2.83 bits per heavy atom. The van der Waals surface area contributed by atoms with Crippen LogP contribution >= 0.6 is 11.3 Å². The first kappa shape index (κ1) is 21.8. The summed E-state index contributed by atoms with van der Waals surface area (Å²) in [5.41, 5.74) is 0.410. The predicted octanol–water partition coefficient (Wildman–Crippen LogP) is 3.48. The lowest BCUT2D eigenvalue weighted by atomic mass is 10.2. The Hall–Kier alpha value is -1.94. The molecule has 1 aliphatic rings. The number of nitrogens with zero attached hydrogens (tertiary/aromatic N) is 1. The van der Waals surface area contributed by atoms with Gasteiger partial charge in [0.05, 0.1) is 12.7 Å². The minimum atomic E-state index is -3.89. The van der Waals surface area contributed by atoms with E-state index in [4.69, 9.17) is 9.47 Å². The molecule has 0 radical (unpaired) electrons. The van der Waals surface area contributed by atoms with E-state index in [1.807, 2.05) is 17.5 Å². The van der Waals surface area contributed by atoms with Crippen molar-refractivity contribution in [2.75, 3.05) is 25.1 Å². The van der Waals surface area contributed by atoms with Crippen molar-refractivity contribution in [2.24, 2.45) is 0 Å². The minimum Gasteiger partial charge on any atom is -0.492 e. The Morgan fingerprint density at radius 1 is 1.38 bits per heavy atom. The number of thiophene rings is 1. The molecule has 7 nitrogen and oxygen atoms in total. The zero-order valence-electron chi connectivity index (χ0n) is 16.6. The third kappa shape index (κ3) is 5.57. The number of ether oxygens (including phenoxy) is 2. The molecule has 0 aliphatic carbocycles. The van der Waals surface area contributed by atoms with Gasteiger partial charge >= 0.3 is 0 Å². The van der Waals surface area contributed by atoms with Gasteiger partial charge in [-0.05, 0) is 49.4 Å². The molecule has 29 heavy (non-hydrogen) atoms. The largest absolute Gasteiger partial charge is 0.492 e. The SMILES string of the molecule is CCOc1ccc(NC(C)=O)cc1S(=O)(=O)N(Cc1cccs1)C[C@@H]1CCCO1. The lowest BCUT2D eigenvalue weighted by molar-refractivity contribution is -0.114. The zero-order valence-corrected chi connectivity index (χ0v) is 18.2. The number of nitrogens with one attached hydrogen (secondary N) is 1. The van der Waals surface area contributed by atoms with Crippen LogP contribution in [0.5, 0.6) is 5.75 Å². The van der Waals surface area contributed by atoms with Crippen LogP contribution in [0.25, 0.3) is 0 Å². The Balaban J connectivity index is 1.99. The molecular weight excluding hydrogens is 412 g/mol. The number of carbonyl (C=O) groups is 1. The number of amides is 1. The molecule has 1 aromatic carbocycles. The highest BCUT2D eigenvalue weighted by Gasteiger charge is 2.32. The predicted molar refractivity (Wildman–Crippen MR) is 113 cm³/mol. The number of hydrogen-bond acceptors (Lipinski definition) is 6. The van der Waals surface area contributed by atoms with Crippen LogP contribution < -0.4 is 10.1 Å². The second kappa shape index (κ2) is 9.71. The molecule has 9 heteroatoms. The van der Waals surface area contributed by atoms with Gasteiger partial charge in [-0.3, -0.25) is 4.79 Å². The molecule has 1 atom stereocenters. The lowest BCUT2D eigenvalue weighted by Gasteiger charge is -2.25. The molecule has 2 heterocycles. The molecule has 1 fully saturated rings. The average Bonchev–Trinajstić information content (AvgIpc) is 3.36. The third-order valence-electron chi connectivity index (χ3n) is 4.53. The van der Waals surface area contributed by atoms with E-state index in [-0.39, 0.29) is 35.7 Å². The van der Waals surface area contributed by atoms with Crippen LogP contribution in [-0.2, 0) is 26.1 Å².